The van der Waals surface area contributed by atoms with Crippen molar-refractivity contribution in [2.45, 2.75) is 20.0 Å². The average molecular weight is 474 g/mol. The van der Waals surface area contributed by atoms with Crippen molar-refractivity contribution < 1.29 is 14.6 Å². The number of para-hydroxylation sites is 1. The first-order chi connectivity index (χ1) is 14.5. The first kappa shape index (κ1) is 22.3. The molecule has 0 aliphatic rings. The second-order valence-electron chi connectivity index (χ2n) is 7.10. The fourth-order valence-electron chi connectivity index (χ4n) is 3.58. The van der Waals surface area contributed by atoms with Crippen LogP contribution in [0.5, 0.6) is 5.75 Å². The first-order valence-corrected chi connectivity index (χ1v) is 10.9. The van der Waals surface area contributed by atoms with Crippen LogP contribution in [0.4, 0.5) is 0 Å². The summed E-state index contributed by atoms with van der Waals surface area (Å²) in [6.07, 6.45) is 1.30. The molecule has 30 heavy (non-hydrogen) atoms. The fourth-order valence-corrected chi connectivity index (χ4v) is 4.01. The number of nitrogens with zero attached hydrogens (tertiary/aromatic N) is 2. The largest absolute Gasteiger partial charge is 0.496 e. The molecule has 6 nitrogen and oxygen atoms in total. The van der Waals surface area contributed by atoms with Gasteiger partial charge in [-0.25, -0.2) is 0 Å². The van der Waals surface area contributed by atoms with Gasteiger partial charge in [0, 0.05) is 23.8 Å². The minimum absolute atomic E-state index is 0.167. The van der Waals surface area contributed by atoms with Crippen molar-refractivity contribution in [3.8, 4) is 11.4 Å². The lowest BCUT2D eigenvalue weighted by Crippen LogP contribution is -2.40. The van der Waals surface area contributed by atoms with Gasteiger partial charge < -0.3 is 24.6 Å². The minimum atomic E-state index is -0.647. The lowest BCUT2D eigenvalue weighted by molar-refractivity contribution is 0.0867. The summed E-state index contributed by atoms with van der Waals surface area (Å²) >= 11 is 3.52. The van der Waals surface area contributed by atoms with Crippen LogP contribution in [0.3, 0.4) is 0 Å². The molecule has 1 unspecified atom stereocenters. The van der Waals surface area contributed by atoms with Gasteiger partial charge in [0.2, 0.25) is 0 Å². The molecule has 160 valence electrons. The zero-order valence-corrected chi connectivity index (χ0v) is 19.1. The van der Waals surface area contributed by atoms with Gasteiger partial charge in [0.15, 0.2) is 0 Å². The quantitative estimate of drug-likeness (QED) is 0.495. The highest BCUT2D eigenvalue weighted by atomic mass is 79.9. The maximum absolute atomic E-state index is 13.2. The third-order valence-electron chi connectivity index (χ3n) is 5.21. The molecular formula is C23H28BrN3O3. The van der Waals surface area contributed by atoms with E-state index in [0.29, 0.717) is 23.5 Å². The van der Waals surface area contributed by atoms with Crippen LogP contribution >= 0.6 is 15.9 Å². The number of aliphatic hydroxyl groups is 1. The van der Waals surface area contributed by atoms with Crippen LogP contribution in [-0.2, 0) is 0 Å². The van der Waals surface area contributed by atoms with E-state index in [9.17, 15) is 9.90 Å². The molecule has 2 aromatic carbocycles. The number of hydrogen-bond donors (Lipinski definition) is 2. The van der Waals surface area contributed by atoms with Gasteiger partial charge >= 0.3 is 0 Å². The van der Waals surface area contributed by atoms with E-state index in [0.717, 1.165) is 28.5 Å². The van der Waals surface area contributed by atoms with Crippen molar-refractivity contribution in [2.75, 3.05) is 33.3 Å². The van der Waals surface area contributed by atoms with Gasteiger partial charge in [0.05, 0.1) is 24.4 Å². The molecule has 0 bridgehead atoms. The number of carbonyl (C=O) groups excluding carboxylic acids is 1. The van der Waals surface area contributed by atoms with E-state index in [4.69, 9.17) is 4.74 Å². The molecule has 1 heterocycles. The number of methoxy groups -OCH3 is 1. The fraction of sp³-hybridized carbons (Fsp3) is 0.348. The van der Waals surface area contributed by atoms with Crippen molar-refractivity contribution in [1.29, 1.82) is 0 Å². The Labute approximate surface area is 185 Å². The maximum atomic E-state index is 13.2. The number of rotatable bonds is 9. The number of aliphatic hydroxyl groups excluding tert-OH is 1. The summed E-state index contributed by atoms with van der Waals surface area (Å²) in [5.41, 5.74) is 2.13. The topological polar surface area (TPSA) is 66.7 Å². The SMILES string of the molecule is CCN(CC)CC(O)CNC(=O)c1c(OC)cc(Br)cc1-n1ccc2ccccc21. The van der Waals surface area contributed by atoms with Crippen molar-refractivity contribution in [3.05, 3.63) is 58.7 Å². The Morgan fingerprint density at radius 3 is 2.67 bits per heavy atom. The number of carbonyl (C=O) groups is 1. The summed E-state index contributed by atoms with van der Waals surface area (Å²) < 4.78 is 8.32. The lowest BCUT2D eigenvalue weighted by Gasteiger charge is -2.22. The number of aromatic nitrogens is 1. The Balaban J connectivity index is 1.93. The minimum Gasteiger partial charge on any atom is -0.496 e. The average Bonchev–Trinajstić information content (AvgIpc) is 3.19. The third-order valence-corrected chi connectivity index (χ3v) is 5.67. The molecule has 0 spiro atoms. The van der Waals surface area contributed by atoms with Crippen molar-refractivity contribution >= 4 is 32.7 Å². The van der Waals surface area contributed by atoms with Gasteiger partial charge in [-0.1, -0.05) is 48.0 Å². The molecule has 2 N–H and O–H groups in total. The van der Waals surface area contributed by atoms with Crippen molar-refractivity contribution in [1.82, 2.24) is 14.8 Å². The smallest absolute Gasteiger partial charge is 0.257 e. The van der Waals surface area contributed by atoms with Crippen LogP contribution in [-0.4, -0.2) is 59.9 Å². The Kier molecular flexibility index (Phi) is 7.53. The van der Waals surface area contributed by atoms with Crippen LogP contribution in [0, 0.1) is 0 Å². The van der Waals surface area contributed by atoms with Crippen LogP contribution < -0.4 is 10.1 Å². The molecule has 3 rings (SSSR count). The van der Waals surface area contributed by atoms with Crippen LogP contribution in [0.25, 0.3) is 16.6 Å². The summed E-state index contributed by atoms with van der Waals surface area (Å²) in [6, 6.07) is 13.7. The van der Waals surface area contributed by atoms with Crippen molar-refractivity contribution in [2.24, 2.45) is 0 Å². The van der Waals surface area contributed by atoms with Crippen LogP contribution in [0.15, 0.2) is 53.1 Å². The Hall–Kier alpha value is -2.35. The normalized spacial score (nSPS) is 12.3. The number of hydrogen-bond acceptors (Lipinski definition) is 4. The number of likely N-dealkylation sites (N-methyl/N-ethyl adjacent to an activating group) is 1. The summed E-state index contributed by atoms with van der Waals surface area (Å²) in [7, 11) is 1.55. The van der Waals surface area contributed by atoms with E-state index < -0.39 is 6.10 Å². The molecule has 0 aliphatic carbocycles. The molecule has 0 radical (unpaired) electrons. The highest BCUT2D eigenvalue weighted by molar-refractivity contribution is 9.10. The molecule has 3 aromatic rings. The van der Waals surface area contributed by atoms with Crippen LogP contribution in [0.2, 0.25) is 0 Å². The molecule has 0 fully saturated rings. The van der Waals surface area contributed by atoms with Gasteiger partial charge in [-0.3, -0.25) is 4.79 Å². The molecular weight excluding hydrogens is 446 g/mol. The third kappa shape index (κ3) is 4.86. The Morgan fingerprint density at radius 2 is 1.97 bits per heavy atom. The summed E-state index contributed by atoms with van der Waals surface area (Å²) in [4.78, 5) is 15.3. The van der Waals surface area contributed by atoms with Crippen LogP contribution in [0.1, 0.15) is 24.2 Å². The number of fused-ring (bicyclic) bond motifs is 1. The molecule has 0 saturated heterocycles. The number of nitrogens with one attached hydrogen (secondary N) is 1. The van der Waals surface area contributed by atoms with Gasteiger partial charge in [0.25, 0.3) is 5.91 Å². The first-order valence-electron chi connectivity index (χ1n) is 10.1. The van der Waals surface area contributed by atoms with Gasteiger partial charge in [-0.05, 0) is 42.7 Å². The lowest BCUT2D eigenvalue weighted by atomic mass is 10.1. The summed E-state index contributed by atoms with van der Waals surface area (Å²) in [5.74, 6) is 0.179. The zero-order chi connectivity index (χ0) is 21.7. The highest BCUT2D eigenvalue weighted by Crippen LogP contribution is 2.32. The summed E-state index contributed by atoms with van der Waals surface area (Å²) in [5, 5.41) is 14.3. The Morgan fingerprint density at radius 1 is 1.23 bits per heavy atom. The van der Waals surface area contributed by atoms with Crippen molar-refractivity contribution in [3.63, 3.8) is 0 Å². The number of halogens is 1. The van der Waals surface area contributed by atoms with E-state index in [2.05, 4.69) is 40.0 Å². The second-order valence-corrected chi connectivity index (χ2v) is 8.01. The maximum Gasteiger partial charge on any atom is 0.257 e. The van der Waals surface area contributed by atoms with E-state index in [-0.39, 0.29) is 12.5 Å². The van der Waals surface area contributed by atoms with E-state index in [1.807, 2.05) is 47.2 Å². The monoisotopic (exact) mass is 473 g/mol. The number of ether oxygens (including phenoxy) is 1. The molecule has 0 saturated carbocycles. The predicted molar refractivity (Wildman–Crippen MR) is 124 cm³/mol. The molecule has 1 amide bonds. The molecule has 0 aliphatic heterocycles. The van der Waals surface area contributed by atoms with Gasteiger partial charge in [-0.2, -0.15) is 0 Å². The van der Waals surface area contributed by atoms with Gasteiger partial charge in [-0.15, -0.1) is 0 Å². The van der Waals surface area contributed by atoms with E-state index in [1.165, 1.54) is 0 Å². The highest BCUT2D eigenvalue weighted by Gasteiger charge is 2.21. The predicted octanol–water partition coefficient (Wildman–Crippen LogP) is 3.83. The van der Waals surface area contributed by atoms with E-state index >= 15 is 0 Å². The molecule has 1 atom stereocenters. The van der Waals surface area contributed by atoms with E-state index in [1.54, 1.807) is 13.2 Å². The number of benzene rings is 2. The van der Waals surface area contributed by atoms with Gasteiger partial charge in [0.1, 0.15) is 11.3 Å². The summed E-state index contributed by atoms with van der Waals surface area (Å²) in [6.45, 7) is 6.49. The number of amides is 1. The Bertz CT molecular complexity index is 1010. The second kappa shape index (κ2) is 10.1. The molecule has 7 heteroatoms. The zero-order valence-electron chi connectivity index (χ0n) is 17.6. The molecule has 1 aromatic heterocycles. The standard InChI is InChI=1S/C23H28BrN3O3/c1-4-26(5-2)15-18(28)14-25-23(29)22-20(12-17(24)13-21(22)30-3)27-11-10-16-8-6-7-9-19(16)27/h6-13,18,28H,4-5,14-15H2,1-3H3,(H,25,29).